The molecule has 2 unspecified atom stereocenters. The summed E-state index contributed by atoms with van der Waals surface area (Å²) in [5, 5.41) is 3.23. The highest BCUT2D eigenvalue weighted by atomic mass is 79.9. The van der Waals surface area contributed by atoms with Gasteiger partial charge < -0.3 is 15.0 Å². The number of halogens is 3. The van der Waals surface area contributed by atoms with Gasteiger partial charge in [-0.05, 0) is 48.1 Å². The van der Waals surface area contributed by atoms with E-state index in [4.69, 9.17) is 4.74 Å². The van der Waals surface area contributed by atoms with Crippen molar-refractivity contribution in [1.29, 1.82) is 0 Å². The minimum Gasteiger partial charge on any atom is -0.374 e. The van der Waals surface area contributed by atoms with Gasteiger partial charge >= 0.3 is 0 Å². The van der Waals surface area contributed by atoms with Gasteiger partial charge in [-0.1, -0.05) is 6.92 Å². The Bertz CT molecular complexity index is 487. The molecule has 6 heteroatoms. The maximum Gasteiger partial charge on any atom is 0.145 e. The van der Waals surface area contributed by atoms with Crippen LogP contribution in [0.2, 0.25) is 0 Å². The standard InChI is InChI=1S/C15H21BrF2N2O/c1-3-6-19-15(12-9-20(2)7-8-21-12)13-11(17)5-4-10(16)14(13)18/h4-5,12,15,19H,3,6-9H2,1-2H3. The van der Waals surface area contributed by atoms with E-state index < -0.39 is 17.7 Å². The topological polar surface area (TPSA) is 24.5 Å². The molecule has 1 heterocycles. The van der Waals surface area contributed by atoms with Crippen molar-refractivity contribution in [2.45, 2.75) is 25.5 Å². The fraction of sp³-hybridized carbons (Fsp3) is 0.600. The third kappa shape index (κ3) is 4.00. The second kappa shape index (κ2) is 7.63. The Hall–Kier alpha value is -0.560. The summed E-state index contributed by atoms with van der Waals surface area (Å²) >= 11 is 3.13. The summed E-state index contributed by atoms with van der Waals surface area (Å²) in [7, 11) is 1.99. The van der Waals surface area contributed by atoms with Crippen molar-refractivity contribution >= 4 is 15.9 Å². The summed E-state index contributed by atoms with van der Waals surface area (Å²) in [6.45, 7) is 4.75. The van der Waals surface area contributed by atoms with Crippen LogP contribution in [0.3, 0.4) is 0 Å². The molecule has 2 atom stereocenters. The van der Waals surface area contributed by atoms with Gasteiger partial charge in [-0.15, -0.1) is 0 Å². The zero-order valence-corrected chi connectivity index (χ0v) is 13.9. The lowest BCUT2D eigenvalue weighted by Gasteiger charge is -2.36. The molecule has 2 rings (SSSR count). The Morgan fingerprint density at radius 1 is 1.48 bits per heavy atom. The number of ether oxygens (including phenoxy) is 1. The molecule has 21 heavy (non-hydrogen) atoms. The normalized spacial score (nSPS) is 21.5. The van der Waals surface area contributed by atoms with E-state index in [0.717, 1.165) is 13.0 Å². The second-order valence-corrected chi connectivity index (χ2v) is 6.21. The Labute approximate surface area is 132 Å². The molecule has 0 saturated carbocycles. The third-order valence-corrected chi connectivity index (χ3v) is 4.29. The Kier molecular flexibility index (Phi) is 6.10. The quantitative estimate of drug-likeness (QED) is 0.814. The van der Waals surface area contributed by atoms with Gasteiger partial charge in [0.15, 0.2) is 0 Å². The van der Waals surface area contributed by atoms with E-state index in [0.29, 0.717) is 19.7 Å². The third-order valence-electron chi connectivity index (χ3n) is 3.67. The van der Waals surface area contributed by atoms with Gasteiger partial charge in [0.2, 0.25) is 0 Å². The van der Waals surface area contributed by atoms with Crippen molar-refractivity contribution in [2.75, 3.05) is 33.3 Å². The summed E-state index contributed by atoms with van der Waals surface area (Å²) in [5.41, 5.74) is 0.0538. The maximum atomic E-state index is 14.4. The molecular weight excluding hydrogens is 342 g/mol. The van der Waals surface area contributed by atoms with Crippen LogP contribution in [0.15, 0.2) is 16.6 Å². The molecule has 1 fully saturated rings. The summed E-state index contributed by atoms with van der Waals surface area (Å²) in [6, 6.07) is 2.18. The van der Waals surface area contributed by atoms with Gasteiger partial charge in [0.25, 0.3) is 0 Å². The number of nitrogens with one attached hydrogen (secondary N) is 1. The molecule has 1 saturated heterocycles. The fourth-order valence-corrected chi connectivity index (χ4v) is 2.91. The van der Waals surface area contributed by atoms with Gasteiger partial charge in [-0.3, -0.25) is 0 Å². The first-order valence-corrected chi connectivity index (χ1v) is 8.00. The molecule has 1 aliphatic heterocycles. The number of morpholine rings is 1. The first-order valence-electron chi connectivity index (χ1n) is 7.21. The van der Waals surface area contributed by atoms with Crippen LogP contribution in [0.5, 0.6) is 0 Å². The largest absolute Gasteiger partial charge is 0.374 e. The van der Waals surface area contributed by atoms with Gasteiger partial charge in [0.1, 0.15) is 11.6 Å². The molecule has 0 amide bonds. The van der Waals surface area contributed by atoms with Crippen LogP contribution in [-0.4, -0.2) is 44.3 Å². The molecule has 1 aromatic rings. The number of benzene rings is 1. The smallest absolute Gasteiger partial charge is 0.145 e. The SMILES string of the molecule is CCCNC(c1c(F)ccc(Br)c1F)C1CN(C)CCO1. The molecule has 0 aromatic heterocycles. The first-order chi connectivity index (χ1) is 10.0. The average Bonchev–Trinajstić information content (AvgIpc) is 2.46. The highest BCUT2D eigenvalue weighted by Crippen LogP contribution is 2.30. The van der Waals surface area contributed by atoms with Gasteiger partial charge in [0.05, 0.1) is 23.2 Å². The van der Waals surface area contributed by atoms with Crippen molar-refractivity contribution in [2.24, 2.45) is 0 Å². The van der Waals surface area contributed by atoms with E-state index in [9.17, 15) is 8.78 Å². The molecule has 1 aromatic carbocycles. The van der Waals surface area contributed by atoms with Crippen molar-refractivity contribution in [3.63, 3.8) is 0 Å². The predicted molar refractivity (Wildman–Crippen MR) is 82.3 cm³/mol. The van der Waals surface area contributed by atoms with Crippen LogP contribution < -0.4 is 5.32 Å². The van der Waals surface area contributed by atoms with E-state index in [2.05, 4.69) is 26.1 Å². The summed E-state index contributed by atoms with van der Waals surface area (Å²) < 4.78 is 34.6. The van der Waals surface area contributed by atoms with Crippen LogP contribution in [0.25, 0.3) is 0 Å². The maximum absolute atomic E-state index is 14.4. The summed E-state index contributed by atoms with van der Waals surface area (Å²) in [4.78, 5) is 2.11. The van der Waals surface area contributed by atoms with E-state index in [1.807, 2.05) is 14.0 Å². The zero-order chi connectivity index (χ0) is 15.4. The molecule has 0 radical (unpaired) electrons. The second-order valence-electron chi connectivity index (χ2n) is 5.36. The van der Waals surface area contributed by atoms with Gasteiger partial charge in [-0.25, -0.2) is 8.78 Å². The monoisotopic (exact) mass is 362 g/mol. The number of hydrogen-bond acceptors (Lipinski definition) is 3. The van der Waals surface area contributed by atoms with E-state index in [1.54, 1.807) is 0 Å². The minimum absolute atomic E-state index is 0.0538. The molecule has 118 valence electrons. The van der Waals surface area contributed by atoms with E-state index in [-0.39, 0.29) is 16.1 Å². The predicted octanol–water partition coefficient (Wildman–Crippen LogP) is 3.10. The summed E-state index contributed by atoms with van der Waals surface area (Å²) in [6.07, 6.45) is 0.615. The van der Waals surface area contributed by atoms with Crippen LogP contribution in [0, 0.1) is 11.6 Å². The number of rotatable bonds is 5. The van der Waals surface area contributed by atoms with Crippen molar-refractivity contribution in [1.82, 2.24) is 10.2 Å². The number of nitrogens with zero attached hydrogens (tertiary/aromatic N) is 1. The average molecular weight is 363 g/mol. The highest BCUT2D eigenvalue weighted by molar-refractivity contribution is 9.10. The van der Waals surface area contributed by atoms with Crippen molar-refractivity contribution < 1.29 is 13.5 Å². The highest BCUT2D eigenvalue weighted by Gasteiger charge is 2.32. The number of likely N-dealkylation sites (N-methyl/N-ethyl adjacent to an activating group) is 1. The Morgan fingerprint density at radius 3 is 2.90 bits per heavy atom. The molecule has 1 N–H and O–H groups in total. The molecule has 0 spiro atoms. The van der Waals surface area contributed by atoms with E-state index >= 15 is 0 Å². The van der Waals surface area contributed by atoms with Gasteiger partial charge in [-0.2, -0.15) is 0 Å². The first kappa shape index (κ1) is 16.8. The fourth-order valence-electron chi connectivity index (χ4n) is 2.56. The molecular formula is C15H21BrF2N2O. The van der Waals surface area contributed by atoms with Crippen molar-refractivity contribution in [3.8, 4) is 0 Å². The lowest BCUT2D eigenvalue weighted by atomic mass is 9.98. The van der Waals surface area contributed by atoms with Crippen molar-refractivity contribution in [3.05, 3.63) is 33.8 Å². The molecule has 0 aliphatic carbocycles. The Balaban J connectivity index is 2.33. The van der Waals surface area contributed by atoms with Crippen LogP contribution >= 0.6 is 15.9 Å². The van der Waals surface area contributed by atoms with Crippen LogP contribution in [0.4, 0.5) is 8.78 Å². The lowest BCUT2D eigenvalue weighted by molar-refractivity contribution is -0.0404. The van der Waals surface area contributed by atoms with Gasteiger partial charge in [0, 0.05) is 18.7 Å². The van der Waals surface area contributed by atoms with Crippen LogP contribution in [0.1, 0.15) is 24.9 Å². The van der Waals surface area contributed by atoms with E-state index in [1.165, 1.54) is 12.1 Å². The Morgan fingerprint density at radius 2 is 2.24 bits per heavy atom. The molecule has 3 nitrogen and oxygen atoms in total. The zero-order valence-electron chi connectivity index (χ0n) is 12.3. The lowest BCUT2D eigenvalue weighted by Crippen LogP contribution is -2.47. The minimum atomic E-state index is -0.555. The number of hydrogen-bond donors (Lipinski definition) is 1. The van der Waals surface area contributed by atoms with Crippen LogP contribution in [-0.2, 0) is 4.74 Å². The molecule has 0 bridgehead atoms. The summed E-state index contributed by atoms with van der Waals surface area (Å²) in [5.74, 6) is -1.10. The molecule has 1 aliphatic rings.